The van der Waals surface area contributed by atoms with Crippen molar-refractivity contribution in [3.05, 3.63) is 42.9 Å². The molecule has 0 unspecified atom stereocenters. The molecule has 0 atom stereocenters. The van der Waals surface area contributed by atoms with Gasteiger partial charge in [0, 0.05) is 11.1 Å². The van der Waals surface area contributed by atoms with Gasteiger partial charge in [0.05, 0.1) is 40.1 Å². The maximum Gasteiger partial charge on any atom is 0.346 e. The van der Waals surface area contributed by atoms with Crippen molar-refractivity contribution in [3.63, 3.8) is 0 Å². The van der Waals surface area contributed by atoms with Crippen LogP contribution in [0.3, 0.4) is 0 Å². The average Bonchev–Trinajstić information content (AvgIpc) is 3.27. The van der Waals surface area contributed by atoms with Crippen LogP contribution in [-0.4, -0.2) is 48.3 Å². The quantitative estimate of drug-likeness (QED) is 0.276. The number of carbonyl (C=O) groups is 4. The van der Waals surface area contributed by atoms with Gasteiger partial charge < -0.3 is 9.47 Å². The Bertz CT molecular complexity index is 1160. The molecule has 3 aliphatic heterocycles. The molecule has 1 aromatic rings. The van der Waals surface area contributed by atoms with E-state index < -0.39 is 29.2 Å². The van der Waals surface area contributed by atoms with Crippen LogP contribution >= 0.6 is 35.7 Å². The van der Waals surface area contributed by atoms with Gasteiger partial charge in [0.1, 0.15) is 9.81 Å². The van der Waals surface area contributed by atoms with Crippen LogP contribution in [0.5, 0.6) is 0 Å². The fourth-order valence-electron chi connectivity index (χ4n) is 3.82. The van der Waals surface area contributed by atoms with E-state index in [9.17, 15) is 19.2 Å². The van der Waals surface area contributed by atoms with Crippen molar-refractivity contribution >= 4 is 75.5 Å². The van der Waals surface area contributed by atoms with E-state index in [0.29, 0.717) is 31.5 Å². The molecule has 160 valence electrons. The molecule has 0 saturated carbocycles. The van der Waals surface area contributed by atoms with Crippen LogP contribution in [0.15, 0.2) is 26.2 Å². The molecule has 7 nitrogen and oxygen atoms in total. The second-order valence-corrected chi connectivity index (χ2v) is 10.3. The summed E-state index contributed by atoms with van der Waals surface area (Å²) >= 11 is 7.95. The molecule has 3 heterocycles. The van der Waals surface area contributed by atoms with Crippen LogP contribution < -0.4 is 4.90 Å². The minimum Gasteiger partial charge on any atom is -0.465 e. The Balaban J connectivity index is 1.99. The Kier molecular flexibility index (Phi) is 5.14. The molecule has 0 aromatic heterocycles. The third-order valence-electron chi connectivity index (χ3n) is 5.27. The first-order valence-corrected chi connectivity index (χ1v) is 11.2. The molecule has 4 rings (SSSR count). The largest absolute Gasteiger partial charge is 0.465 e. The van der Waals surface area contributed by atoms with E-state index in [0.717, 1.165) is 29.1 Å². The molecule has 0 saturated heterocycles. The van der Waals surface area contributed by atoms with E-state index in [1.807, 2.05) is 13.0 Å². The summed E-state index contributed by atoms with van der Waals surface area (Å²) in [6.07, 6.45) is 0. The molecule has 3 aliphatic rings. The summed E-state index contributed by atoms with van der Waals surface area (Å²) in [6.45, 7) is 5.38. The summed E-state index contributed by atoms with van der Waals surface area (Å²) in [4.78, 5) is 52.2. The zero-order valence-electron chi connectivity index (χ0n) is 17.3. The predicted molar refractivity (Wildman–Crippen MR) is 123 cm³/mol. The smallest absolute Gasteiger partial charge is 0.346 e. The number of benzene rings is 1. The van der Waals surface area contributed by atoms with Crippen LogP contribution in [0.2, 0.25) is 0 Å². The fraction of sp³-hybridized carbons (Fsp3) is 0.286. The molecular formula is C21H17NO6S3. The molecule has 0 fully saturated rings. The summed E-state index contributed by atoms with van der Waals surface area (Å²) in [7, 11) is 2.47. The highest BCUT2D eigenvalue weighted by Gasteiger charge is 2.52. The van der Waals surface area contributed by atoms with Crippen LogP contribution in [0.4, 0.5) is 5.69 Å². The van der Waals surface area contributed by atoms with E-state index in [4.69, 9.17) is 21.7 Å². The van der Waals surface area contributed by atoms with E-state index in [-0.39, 0.29) is 9.81 Å². The second-order valence-electron chi connectivity index (χ2n) is 7.57. The lowest BCUT2D eigenvalue weighted by Gasteiger charge is -2.42. The maximum atomic E-state index is 12.8. The number of ether oxygens (including phenoxy) is 2. The molecule has 1 amide bonds. The zero-order chi connectivity index (χ0) is 22.8. The van der Waals surface area contributed by atoms with E-state index in [2.05, 4.69) is 0 Å². The number of carbonyl (C=O) groups excluding carboxylic acids is 4. The standard InChI is InChI=1S/C21H17NO6S3/c1-8-6-9-11(20-30-14(18(25)27-4)15(31-20)19(26)28-5)16(29)21(2,3)22-12(9)10(7-8)13(23)17(22)24/h6-7H,1-5H3. The summed E-state index contributed by atoms with van der Waals surface area (Å²) in [5.74, 6) is -2.50. The lowest BCUT2D eigenvalue weighted by molar-refractivity contribution is -0.138. The van der Waals surface area contributed by atoms with Crippen molar-refractivity contribution in [3.8, 4) is 0 Å². The topological polar surface area (TPSA) is 90.0 Å². The van der Waals surface area contributed by atoms with Crippen molar-refractivity contribution in [2.75, 3.05) is 19.1 Å². The van der Waals surface area contributed by atoms with Gasteiger partial charge in [-0.1, -0.05) is 35.7 Å². The molecular weight excluding hydrogens is 458 g/mol. The molecule has 0 radical (unpaired) electrons. The molecule has 0 bridgehead atoms. The zero-order valence-corrected chi connectivity index (χ0v) is 19.7. The SMILES string of the molecule is COC(=O)C1=C(C(=O)OC)SC(=C2C(=S)C(C)(C)N3C(=O)C(=O)c4cc(C)cc2c43)S1. The number of rotatable bonds is 2. The Morgan fingerprint density at radius 1 is 1.00 bits per heavy atom. The third kappa shape index (κ3) is 3.00. The highest BCUT2D eigenvalue weighted by atomic mass is 32.2. The highest BCUT2D eigenvalue weighted by molar-refractivity contribution is 8.29. The highest BCUT2D eigenvalue weighted by Crippen LogP contribution is 2.57. The lowest BCUT2D eigenvalue weighted by atomic mass is 9.83. The number of aryl methyl sites for hydroxylation is 1. The first kappa shape index (κ1) is 21.8. The predicted octanol–water partition coefficient (Wildman–Crippen LogP) is 3.39. The van der Waals surface area contributed by atoms with Gasteiger partial charge in [-0.15, -0.1) is 0 Å². The van der Waals surface area contributed by atoms with Gasteiger partial charge in [-0.3, -0.25) is 14.5 Å². The Morgan fingerprint density at radius 3 is 2.03 bits per heavy atom. The van der Waals surface area contributed by atoms with Gasteiger partial charge in [0.25, 0.3) is 11.7 Å². The average molecular weight is 476 g/mol. The normalized spacial score (nSPS) is 19.3. The molecule has 0 aliphatic carbocycles. The number of methoxy groups -OCH3 is 2. The van der Waals surface area contributed by atoms with Gasteiger partial charge in [0.2, 0.25) is 0 Å². The van der Waals surface area contributed by atoms with Crippen molar-refractivity contribution in [1.29, 1.82) is 0 Å². The van der Waals surface area contributed by atoms with Crippen molar-refractivity contribution in [1.82, 2.24) is 0 Å². The van der Waals surface area contributed by atoms with E-state index in [1.165, 1.54) is 19.1 Å². The van der Waals surface area contributed by atoms with Crippen molar-refractivity contribution < 1.29 is 28.7 Å². The summed E-state index contributed by atoms with van der Waals surface area (Å²) in [5.41, 5.74) is 1.92. The number of Topliss-reactive ketones (excluding diaryl/α,β-unsaturated/α-hetero) is 1. The van der Waals surface area contributed by atoms with Gasteiger partial charge in [-0.25, -0.2) is 9.59 Å². The maximum absolute atomic E-state index is 12.8. The summed E-state index contributed by atoms with van der Waals surface area (Å²) in [5, 5.41) is 0. The molecule has 1 aromatic carbocycles. The number of anilines is 1. The molecule has 10 heteroatoms. The van der Waals surface area contributed by atoms with Gasteiger partial charge in [-0.2, -0.15) is 0 Å². The summed E-state index contributed by atoms with van der Waals surface area (Å²) < 4.78 is 10.3. The lowest BCUT2D eigenvalue weighted by Crippen LogP contribution is -2.54. The van der Waals surface area contributed by atoms with E-state index in [1.54, 1.807) is 19.9 Å². The van der Waals surface area contributed by atoms with Gasteiger partial charge >= 0.3 is 11.9 Å². The van der Waals surface area contributed by atoms with Crippen LogP contribution in [0.1, 0.15) is 35.3 Å². The number of nitrogens with zero attached hydrogens (tertiary/aromatic N) is 1. The van der Waals surface area contributed by atoms with Crippen LogP contribution in [0, 0.1) is 6.92 Å². The molecule has 31 heavy (non-hydrogen) atoms. The summed E-state index contributed by atoms with van der Waals surface area (Å²) in [6, 6.07) is 3.55. The van der Waals surface area contributed by atoms with E-state index >= 15 is 0 Å². The number of esters is 2. The van der Waals surface area contributed by atoms with Crippen molar-refractivity contribution in [2.45, 2.75) is 26.3 Å². The van der Waals surface area contributed by atoms with Gasteiger partial charge in [0.15, 0.2) is 0 Å². The number of amides is 1. The number of hydrogen-bond acceptors (Lipinski definition) is 9. The second kappa shape index (κ2) is 7.32. The Labute approximate surface area is 192 Å². The minimum atomic E-state index is -0.960. The number of ketones is 1. The first-order valence-electron chi connectivity index (χ1n) is 9.14. The van der Waals surface area contributed by atoms with Crippen molar-refractivity contribution in [2.24, 2.45) is 0 Å². The van der Waals surface area contributed by atoms with Gasteiger partial charge in [-0.05, 0) is 38.5 Å². The van der Waals surface area contributed by atoms with Crippen LogP contribution in [-0.2, 0) is 23.9 Å². The third-order valence-corrected chi connectivity index (χ3v) is 8.53. The Morgan fingerprint density at radius 2 is 1.52 bits per heavy atom. The number of thiocarbonyl (C=S) groups is 1. The molecule has 0 spiro atoms. The molecule has 0 N–H and O–H groups in total. The fourth-order valence-corrected chi connectivity index (χ4v) is 6.86. The van der Waals surface area contributed by atoms with Crippen LogP contribution in [0.25, 0.3) is 5.57 Å². The first-order chi connectivity index (χ1) is 14.5. The Hall–Kier alpha value is -2.43. The number of hydrogen-bond donors (Lipinski definition) is 0. The monoisotopic (exact) mass is 475 g/mol. The number of thioether (sulfide) groups is 2. The minimum absolute atomic E-state index is 0.112.